The molecule has 1 amide bonds. The van der Waals surface area contributed by atoms with Crippen molar-refractivity contribution in [2.45, 2.75) is 13.5 Å². The van der Waals surface area contributed by atoms with Gasteiger partial charge in [0.25, 0.3) is 0 Å². The van der Waals surface area contributed by atoms with Crippen molar-refractivity contribution in [1.29, 1.82) is 0 Å². The molecule has 6 rings (SSSR count). The normalized spacial score (nSPS) is 16.0. The topological polar surface area (TPSA) is 90.1 Å². The lowest BCUT2D eigenvalue weighted by atomic mass is 10.1. The molecule has 0 saturated carbocycles. The number of benzene rings is 1. The fourth-order valence-corrected chi connectivity index (χ4v) is 4.20. The first-order chi connectivity index (χ1) is 15.2. The second kappa shape index (κ2) is 6.92. The predicted octanol–water partition coefficient (Wildman–Crippen LogP) is 2.50. The van der Waals surface area contributed by atoms with Gasteiger partial charge in [-0.15, -0.1) is 0 Å². The molecule has 0 atom stereocenters. The minimum absolute atomic E-state index is 0.198. The van der Waals surface area contributed by atoms with Gasteiger partial charge in [0.1, 0.15) is 11.3 Å². The fourth-order valence-electron chi connectivity index (χ4n) is 4.20. The van der Waals surface area contributed by atoms with Crippen LogP contribution in [-0.2, 0) is 11.3 Å². The van der Waals surface area contributed by atoms with Crippen LogP contribution in [0.25, 0.3) is 28.2 Å². The number of hydrogen-bond donors (Lipinski definition) is 1. The summed E-state index contributed by atoms with van der Waals surface area (Å²) >= 11 is 0. The molecule has 9 heteroatoms. The molecule has 5 heterocycles. The summed E-state index contributed by atoms with van der Waals surface area (Å²) in [6.45, 7) is 5.32. The molecule has 31 heavy (non-hydrogen) atoms. The number of nitrogens with one attached hydrogen (secondary N) is 1. The minimum Gasteiger partial charge on any atom is -0.378 e. The largest absolute Gasteiger partial charge is 0.378 e. The molecule has 0 radical (unpaired) electrons. The summed E-state index contributed by atoms with van der Waals surface area (Å²) in [7, 11) is 0. The maximum absolute atomic E-state index is 12.4. The molecule has 1 fully saturated rings. The van der Waals surface area contributed by atoms with Crippen molar-refractivity contribution in [2.24, 2.45) is 0 Å². The van der Waals surface area contributed by atoms with Gasteiger partial charge in [0.2, 0.25) is 0 Å². The number of fused-ring (bicyclic) bond motifs is 3. The Kier molecular flexibility index (Phi) is 4.03. The molecule has 0 unspecified atom stereocenters. The third-order valence-corrected chi connectivity index (χ3v) is 5.74. The van der Waals surface area contributed by atoms with E-state index in [-0.39, 0.29) is 6.03 Å². The number of morpholine rings is 1. The number of nitrogens with zero attached hydrogens (tertiary/aromatic N) is 6. The van der Waals surface area contributed by atoms with Gasteiger partial charge in [-0.2, -0.15) is 5.10 Å². The molecule has 0 aliphatic carbocycles. The number of aromatic nitrogens is 5. The Bertz CT molecular complexity index is 1320. The molecular formula is C22H21N7O2. The van der Waals surface area contributed by atoms with E-state index in [2.05, 4.69) is 29.3 Å². The average Bonchev–Trinajstić information content (AvgIpc) is 3.50. The van der Waals surface area contributed by atoms with Gasteiger partial charge in [0, 0.05) is 30.9 Å². The second-order valence-corrected chi connectivity index (χ2v) is 7.81. The zero-order chi connectivity index (χ0) is 20.9. The Morgan fingerprint density at radius 2 is 1.97 bits per heavy atom. The lowest BCUT2D eigenvalue weighted by molar-refractivity contribution is 0.123. The molecule has 1 saturated heterocycles. The molecule has 9 nitrogen and oxygen atoms in total. The minimum atomic E-state index is -0.198. The molecule has 4 aromatic rings. The highest BCUT2D eigenvalue weighted by Gasteiger charge is 2.28. The van der Waals surface area contributed by atoms with Crippen LogP contribution in [0, 0.1) is 6.92 Å². The number of imidazole rings is 1. The third-order valence-electron chi connectivity index (χ3n) is 5.74. The van der Waals surface area contributed by atoms with E-state index in [9.17, 15) is 4.79 Å². The zero-order valence-corrected chi connectivity index (χ0v) is 17.1. The Morgan fingerprint density at radius 1 is 1.10 bits per heavy atom. The van der Waals surface area contributed by atoms with E-state index in [1.54, 1.807) is 9.25 Å². The number of carbonyl (C=O) groups is 1. The monoisotopic (exact) mass is 415 g/mol. The quantitative estimate of drug-likeness (QED) is 0.553. The van der Waals surface area contributed by atoms with Crippen LogP contribution >= 0.6 is 0 Å². The van der Waals surface area contributed by atoms with Crippen LogP contribution in [0.15, 0.2) is 42.6 Å². The van der Waals surface area contributed by atoms with E-state index < -0.39 is 0 Å². The van der Waals surface area contributed by atoms with E-state index >= 15 is 0 Å². The van der Waals surface area contributed by atoms with E-state index in [4.69, 9.17) is 19.8 Å². The van der Waals surface area contributed by atoms with E-state index in [1.807, 2.05) is 30.5 Å². The summed E-state index contributed by atoms with van der Waals surface area (Å²) in [4.78, 5) is 24.2. The number of aryl methyl sites for hydroxylation is 1. The van der Waals surface area contributed by atoms with Gasteiger partial charge < -0.3 is 15.0 Å². The van der Waals surface area contributed by atoms with Gasteiger partial charge in [0.05, 0.1) is 31.1 Å². The van der Waals surface area contributed by atoms with Crippen LogP contribution in [0.2, 0.25) is 0 Å². The van der Waals surface area contributed by atoms with Crippen LogP contribution in [-0.4, -0.2) is 56.6 Å². The predicted molar refractivity (Wildman–Crippen MR) is 115 cm³/mol. The van der Waals surface area contributed by atoms with E-state index in [1.165, 1.54) is 5.56 Å². The van der Waals surface area contributed by atoms with Gasteiger partial charge in [-0.25, -0.2) is 24.0 Å². The Hall–Kier alpha value is -3.72. The highest BCUT2D eigenvalue weighted by atomic mass is 16.5. The third kappa shape index (κ3) is 2.97. The highest BCUT2D eigenvalue weighted by molar-refractivity contribution is 5.96. The molecule has 1 aromatic carbocycles. The second-order valence-electron chi connectivity index (χ2n) is 7.81. The van der Waals surface area contributed by atoms with Crippen LogP contribution < -0.4 is 10.2 Å². The van der Waals surface area contributed by atoms with Crippen LogP contribution in [0.4, 0.5) is 10.5 Å². The number of carbonyl (C=O) groups excluding carboxylic acids is 1. The Morgan fingerprint density at radius 3 is 2.81 bits per heavy atom. The first-order valence-electron chi connectivity index (χ1n) is 10.3. The fraction of sp³-hybridized carbons (Fsp3) is 0.273. The molecule has 2 aliphatic heterocycles. The standard InChI is InChI=1S/C22H21N7O2/c1-14-3-2-4-15(11-14)16-5-6-28(26-16)18-12-17(27-7-9-31-10-8-27)20-21(25-18)29-19(24-20)13-23-22(29)30/h2-6,11-12H,7-10,13H2,1H3,(H,23,30). The lowest BCUT2D eigenvalue weighted by Crippen LogP contribution is -2.36. The van der Waals surface area contributed by atoms with Crippen molar-refractivity contribution in [3.63, 3.8) is 0 Å². The van der Waals surface area contributed by atoms with Crippen molar-refractivity contribution in [2.75, 3.05) is 31.2 Å². The van der Waals surface area contributed by atoms with Gasteiger partial charge in [-0.3, -0.25) is 0 Å². The summed E-state index contributed by atoms with van der Waals surface area (Å²) < 4.78 is 8.84. The average molecular weight is 415 g/mol. The van der Waals surface area contributed by atoms with E-state index in [0.29, 0.717) is 37.0 Å². The molecule has 3 aromatic heterocycles. The number of hydrogen-bond acceptors (Lipinski definition) is 6. The molecule has 2 aliphatic rings. The van der Waals surface area contributed by atoms with Crippen molar-refractivity contribution in [1.82, 2.24) is 29.6 Å². The summed E-state index contributed by atoms with van der Waals surface area (Å²) in [5.41, 5.74) is 5.35. The van der Waals surface area contributed by atoms with Crippen LogP contribution in [0.1, 0.15) is 11.4 Å². The molecule has 1 N–H and O–H groups in total. The Balaban J connectivity index is 1.50. The zero-order valence-electron chi connectivity index (χ0n) is 17.1. The van der Waals surface area contributed by atoms with Gasteiger partial charge in [0.15, 0.2) is 11.5 Å². The lowest BCUT2D eigenvalue weighted by Gasteiger charge is -2.29. The van der Waals surface area contributed by atoms with Gasteiger partial charge in [-0.05, 0) is 19.1 Å². The SMILES string of the molecule is Cc1cccc(-c2ccn(-c3cc(N4CCOCC4)c4nc5n(c4n3)C(=O)NC5)n2)c1. The highest BCUT2D eigenvalue weighted by Crippen LogP contribution is 2.30. The smallest absolute Gasteiger partial charge is 0.329 e. The number of rotatable bonds is 3. The van der Waals surface area contributed by atoms with Crippen molar-refractivity contribution < 1.29 is 9.53 Å². The number of pyridine rings is 1. The van der Waals surface area contributed by atoms with Crippen molar-refractivity contribution in [3.8, 4) is 17.1 Å². The first kappa shape index (κ1) is 18.1. The number of amides is 1. The summed E-state index contributed by atoms with van der Waals surface area (Å²) in [6.07, 6.45) is 1.90. The van der Waals surface area contributed by atoms with E-state index in [0.717, 1.165) is 35.6 Å². The van der Waals surface area contributed by atoms with Crippen LogP contribution in [0.5, 0.6) is 0 Å². The van der Waals surface area contributed by atoms with Crippen LogP contribution in [0.3, 0.4) is 0 Å². The van der Waals surface area contributed by atoms with Crippen molar-refractivity contribution >= 4 is 22.9 Å². The maximum atomic E-state index is 12.4. The number of anilines is 1. The molecule has 0 spiro atoms. The molecular weight excluding hydrogens is 394 g/mol. The Labute approximate surface area is 178 Å². The van der Waals surface area contributed by atoms with Gasteiger partial charge in [-0.1, -0.05) is 23.8 Å². The molecule has 156 valence electrons. The van der Waals surface area contributed by atoms with Crippen molar-refractivity contribution in [3.05, 3.63) is 54.0 Å². The summed E-state index contributed by atoms with van der Waals surface area (Å²) in [5.74, 6) is 1.33. The maximum Gasteiger partial charge on any atom is 0.329 e. The number of ether oxygens (including phenoxy) is 1. The summed E-state index contributed by atoms with van der Waals surface area (Å²) in [6, 6.07) is 12.0. The summed E-state index contributed by atoms with van der Waals surface area (Å²) in [5, 5.41) is 7.57. The first-order valence-corrected chi connectivity index (χ1v) is 10.3. The molecule has 0 bridgehead atoms. The van der Waals surface area contributed by atoms with Gasteiger partial charge >= 0.3 is 6.03 Å².